The molecule has 0 aromatic heterocycles. The van der Waals surface area contributed by atoms with Gasteiger partial charge in [-0.25, -0.2) is 5.06 Å². The molecule has 0 saturated carbocycles. The van der Waals surface area contributed by atoms with E-state index in [0.717, 1.165) is 24.3 Å². The van der Waals surface area contributed by atoms with E-state index >= 15 is 0 Å². The molecule has 0 radical (unpaired) electrons. The fourth-order valence-electron chi connectivity index (χ4n) is 3.28. The van der Waals surface area contributed by atoms with E-state index in [1.165, 1.54) is 23.8 Å². The first-order chi connectivity index (χ1) is 11.0. The summed E-state index contributed by atoms with van der Waals surface area (Å²) in [5.41, 5.74) is 3.94. The van der Waals surface area contributed by atoms with Gasteiger partial charge in [0.25, 0.3) is 0 Å². The Kier molecular flexibility index (Phi) is 6.17. The number of amides is 1. The van der Waals surface area contributed by atoms with E-state index in [0.29, 0.717) is 6.42 Å². The van der Waals surface area contributed by atoms with Gasteiger partial charge in [-0.3, -0.25) is 10.0 Å². The summed E-state index contributed by atoms with van der Waals surface area (Å²) in [5, 5.41) is 10.3. The lowest BCUT2D eigenvalue weighted by Gasteiger charge is -2.32. The molecule has 0 saturated heterocycles. The number of carbonyl (C=O) groups excluding carboxylic acids is 1. The van der Waals surface area contributed by atoms with Crippen molar-refractivity contribution in [2.24, 2.45) is 5.92 Å². The molecule has 0 heterocycles. The van der Waals surface area contributed by atoms with Crippen LogP contribution in [0.1, 0.15) is 51.0 Å². The molecule has 1 N–H and O–H groups in total. The molecule has 0 fully saturated rings. The first kappa shape index (κ1) is 17.5. The number of hydrogen-bond acceptors (Lipinski definition) is 2. The molecule has 124 valence electrons. The highest BCUT2D eigenvalue weighted by molar-refractivity contribution is 5.79. The van der Waals surface area contributed by atoms with Gasteiger partial charge in [-0.2, -0.15) is 0 Å². The SMILES string of the molecule is CC(C)=CCCC1=CC[C@@H](C(=O)N(C)O)[C@H](c2ccccc2)C1. The molecular weight excluding hydrogens is 286 g/mol. The lowest BCUT2D eigenvalue weighted by molar-refractivity contribution is -0.165. The van der Waals surface area contributed by atoms with E-state index in [1.807, 2.05) is 18.2 Å². The third-order valence-electron chi connectivity index (χ3n) is 4.51. The summed E-state index contributed by atoms with van der Waals surface area (Å²) in [6.07, 6.45) is 8.15. The summed E-state index contributed by atoms with van der Waals surface area (Å²) in [7, 11) is 1.42. The average molecular weight is 313 g/mol. The van der Waals surface area contributed by atoms with E-state index in [4.69, 9.17) is 0 Å². The molecule has 3 nitrogen and oxygen atoms in total. The van der Waals surface area contributed by atoms with Gasteiger partial charge in [-0.1, -0.05) is 53.6 Å². The average Bonchev–Trinajstić information content (AvgIpc) is 2.54. The quantitative estimate of drug-likeness (QED) is 0.486. The van der Waals surface area contributed by atoms with Crippen molar-refractivity contribution in [1.29, 1.82) is 0 Å². The molecule has 1 aromatic carbocycles. The predicted molar refractivity (Wildman–Crippen MR) is 93.2 cm³/mol. The van der Waals surface area contributed by atoms with Gasteiger partial charge in [0.05, 0.1) is 5.92 Å². The second kappa shape index (κ2) is 8.11. The maximum atomic E-state index is 12.3. The van der Waals surface area contributed by atoms with Crippen molar-refractivity contribution in [2.45, 2.75) is 45.4 Å². The van der Waals surface area contributed by atoms with Crippen LogP contribution >= 0.6 is 0 Å². The Morgan fingerprint density at radius 1 is 1.30 bits per heavy atom. The highest BCUT2D eigenvalue weighted by Gasteiger charge is 2.33. The third-order valence-corrected chi connectivity index (χ3v) is 4.51. The van der Waals surface area contributed by atoms with Crippen molar-refractivity contribution in [3.8, 4) is 0 Å². The van der Waals surface area contributed by atoms with Crippen LogP contribution in [-0.2, 0) is 4.79 Å². The van der Waals surface area contributed by atoms with E-state index in [9.17, 15) is 10.0 Å². The van der Waals surface area contributed by atoms with E-state index < -0.39 is 0 Å². The van der Waals surface area contributed by atoms with Gasteiger partial charge in [-0.05, 0) is 51.0 Å². The van der Waals surface area contributed by atoms with Gasteiger partial charge >= 0.3 is 0 Å². The monoisotopic (exact) mass is 313 g/mol. The minimum atomic E-state index is -0.196. The number of benzene rings is 1. The summed E-state index contributed by atoms with van der Waals surface area (Å²) < 4.78 is 0. The zero-order valence-corrected chi connectivity index (χ0v) is 14.3. The van der Waals surface area contributed by atoms with E-state index in [-0.39, 0.29) is 17.7 Å². The normalized spacial score (nSPS) is 20.6. The van der Waals surface area contributed by atoms with Crippen LogP contribution in [0.5, 0.6) is 0 Å². The molecule has 1 aromatic rings. The Morgan fingerprint density at radius 2 is 2.00 bits per heavy atom. The fraction of sp³-hybridized carbons (Fsp3) is 0.450. The Balaban J connectivity index is 2.18. The van der Waals surface area contributed by atoms with Crippen molar-refractivity contribution in [2.75, 3.05) is 7.05 Å². The summed E-state index contributed by atoms with van der Waals surface area (Å²) in [5.74, 6) is -0.233. The van der Waals surface area contributed by atoms with Crippen LogP contribution in [0.25, 0.3) is 0 Å². The lowest BCUT2D eigenvalue weighted by atomic mass is 9.74. The molecule has 2 atom stereocenters. The summed E-state index contributed by atoms with van der Waals surface area (Å²) in [4.78, 5) is 12.3. The number of rotatable bonds is 5. The van der Waals surface area contributed by atoms with Crippen molar-refractivity contribution < 1.29 is 10.0 Å². The zero-order chi connectivity index (χ0) is 16.8. The van der Waals surface area contributed by atoms with Crippen LogP contribution in [0, 0.1) is 5.92 Å². The van der Waals surface area contributed by atoms with Crippen molar-refractivity contribution in [1.82, 2.24) is 5.06 Å². The lowest BCUT2D eigenvalue weighted by Crippen LogP contribution is -2.35. The van der Waals surface area contributed by atoms with Crippen LogP contribution in [0.2, 0.25) is 0 Å². The molecule has 0 bridgehead atoms. The molecule has 3 heteroatoms. The molecule has 1 aliphatic carbocycles. The molecule has 2 rings (SSSR count). The maximum Gasteiger partial charge on any atom is 0.249 e. The van der Waals surface area contributed by atoms with Crippen molar-refractivity contribution in [3.05, 3.63) is 59.2 Å². The summed E-state index contributed by atoms with van der Waals surface area (Å²) in [6, 6.07) is 10.2. The Bertz CT molecular complexity index is 583. The smallest absolute Gasteiger partial charge is 0.249 e. The first-order valence-electron chi connectivity index (χ1n) is 8.31. The largest absolute Gasteiger partial charge is 0.286 e. The number of allylic oxidation sites excluding steroid dienone is 4. The summed E-state index contributed by atoms with van der Waals surface area (Å²) in [6.45, 7) is 4.24. The first-order valence-corrected chi connectivity index (χ1v) is 8.31. The highest BCUT2D eigenvalue weighted by atomic mass is 16.5. The number of carbonyl (C=O) groups is 1. The third kappa shape index (κ3) is 4.80. The van der Waals surface area contributed by atoms with Crippen LogP contribution in [0.4, 0.5) is 0 Å². The maximum absolute atomic E-state index is 12.3. The van der Waals surface area contributed by atoms with Gasteiger partial charge < -0.3 is 0 Å². The van der Waals surface area contributed by atoms with E-state index in [2.05, 4.69) is 38.1 Å². The fourth-order valence-corrected chi connectivity index (χ4v) is 3.28. The van der Waals surface area contributed by atoms with Crippen LogP contribution in [0.3, 0.4) is 0 Å². The molecule has 1 aliphatic rings. The van der Waals surface area contributed by atoms with Crippen molar-refractivity contribution in [3.63, 3.8) is 0 Å². The predicted octanol–water partition coefficient (Wildman–Crippen LogP) is 4.70. The van der Waals surface area contributed by atoms with Crippen LogP contribution in [0.15, 0.2) is 53.6 Å². The molecule has 0 aliphatic heterocycles. The number of nitrogens with zero attached hydrogens (tertiary/aromatic N) is 1. The van der Waals surface area contributed by atoms with Gasteiger partial charge in [0, 0.05) is 7.05 Å². The van der Waals surface area contributed by atoms with Crippen LogP contribution in [-0.4, -0.2) is 23.2 Å². The van der Waals surface area contributed by atoms with Gasteiger partial charge in [-0.15, -0.1) is 0 Å². The van der Waals surface area contributed by atoms with Gasteiger partial charge in [0.1, 0.15) is 0 Å². The summed E-state index contributed by atoms with van der Waals surface area (Å²) >= 11 is 0. The van der Waals surface area contributed by atoms with Crippen LogP contribution < -0.4 is 0 Å². The zero-order valence-electron chi connectivity index (χ0n) is 14.3. The molecule has 0 unspecified atom stereocenters. The highest BCUT2D eigenvalue weighted by Crippen LogP contribution is 2.39. The minimum absolute atomic E-state index is 0.144. The molecule has 1 amide bonds. The number of hydroxylamine groups is 2. The molecule has 23 heavy (non-hydrogen) atoms. The van der Waals surface area contributed by atoms with Gasteiger partial charge in [0.15, 0.2) is 0 Å². The molecular formula is C20H27NO2. The second-order valence-electron chi connectivity index (χ2n) is 6.61. The van der Waals surface area contributed by atoms with Crippen molar-refractivity contribution >= 4 is 5.91 Å². The Hall–Kier alpha value is -1.87. The topological polar surface area (TPSA) is 40.5 Å². The number of hydrogen-bond donors (Lipinski definition) is 1. The van der Waals surface area contributed by atoms with E-state index in [1.54, 1.807) is 0 Å². The standard InChI is InChI=1S/C20H27NO2/c1-15(2)8-7-9-16-12-13-18(20(22)21(3)23)19(14-16)17-10-5-4-6-11-17/h4-6,8,10-12,18-19,23H,7,9,13-14H2,1-3H3/t18-,19+/m1/s1. The van der Waals surface area contributed by atoms with Gasteiger partial charge in [0.2, 0.25) is 5.91 Å². The Morgan fingerprint density at radius 3 is 2.61 bits per heavy atom. The second-order valence-corrected chi connectivity index (χ2v) is 6.61. The Labute approximate surface area is 139 Å². The molecule has 0 spiro atoms. The minimum Gasteiger partial charge on any atom is -0.286 e.